The summed E-state index contributed by atoms with van der Waals surface area (Å²) in [6, 6.07) is 18.5. The van der Waals surface area contributed by atoms with E-state index < -0.39 is 0 Å². The molecule has 4 heteroatoms. The number of carbonyl (C=O) groups is 1. The van der Waals surface area contributed by atoms with Crippen molar-refractivity contribution in [2.75, 3.05) is 13.2 Å². The molecule has 0 saturated carbocycles. The molecule has 2 N–H and O–H groups in total. The Hall–Kier alpha value is -2.59. The lowest BCUT2D eigenvalue weighted by atomic mass is 9.90. The highest BCUT2D eigenvalue weighted by Gasteiger charge is 2.27. The van der Waals surface area contributed by atoms with Gasteiger partial charge in [-0.2, -0.15) is 0 Å². The summed E-state index contributed by atoms with van der Waals surface area (Å²) in [5.41, 5.74) is 3.62. The normalized spacial score (nSPS) is 18.7. The summed E-state index contributed by atoms with van der Waals surface area (Å²) in [7, 11) is 0. The van der Waals surface area contributed by atoms with Crippen LogP contribution in [0.25, 0.3) is 10.9 Å². The molecule has 2 atom stereocenters. The first-order chi connectivity index (χ1) is 11.8. The standard InChI is InChI=1S/C20H20N2O2/c23-20-19(10-11-24-20)22-12-16(14-6-2-1-3-7-14)17-13-21-18-9-5-4-8-15(17)18/h1-9,13,16,19,21-22H,10-12H2. The van der Waals surface area contributed by atoms with E-state index in [0.717, 1.165) is 11.9 Å². The molecule has 1 aromatic heterocycles. The van der Waals surface area contributed by atoms with Crippen LogP contribution in [0.5, 0.6) is 0 Å². The first-order valence-electron chi connectivity index (χ1n) is 8.34. The zero-order valence-electron chi connectivity index (χ0n) is 13.4. The van der Waals surface area contributed by atoms with Crippen molar-refractivity contribution in [3.63, 3.8) is 0 Å². The van der Waals surface area contributed by atoms with E-state index in [1.165, 1.54) is 16.5 Å². The van der Waals surface area contributed by atoms with Crippen molar-refractivity contribution >= 4 is 16.9 Å². The molecule has 0 spiro atoms. The average molecular weight is 320 g/mol. The predicted molar refractivity (Wildman–Crippen MR) is 94.0 cm³/mol. The van der Waals surface area contributed by atoms with Gasteiger partial charge in [0, 0.05) is 36.0 Å². The summed E-state index contributed by atoms with van der Waals surface area (Å²) in [6.45, 7) is 1.21. The number of ether oxygens (including phenoxy) is 1. The molecule has 0 aliphatic carbocycles. The average Bonchev–Trinajstić information content (AvgIpc) is 3.23. The molecule has 1 saturated heterocycles. The maximum absolute atomic E-state index is 11.7. The Morgan fingerprint density at radius 2 is 1.92 bits per heavy atom. The number of carbonyl (C=O) groups excluding carboxylic acids is 1. The Morgan fingerprint density at radius 1 is 1.12 bits per heavy atom. The number of aromatic amines is 1. The molecule has 4 nitrogen and oxygen atoms in total. The molecule has 2 aromatic carbocycles. The zero-order valence-corrected chi connectivity index (χ0v) is 13.4. The van der Waals surface area contributed by atoms with E-state index in [2.05, 4.69) is 59.0 Å². The van der Waals surface area contributed by atoms with Crippen LogP contribution in [0.3, 0.4) is 0 Å². The van der Waals surface area contributed by atoms with E-state index in [9.17, 15) is 4.79 Å². The van der Waals surface area contributed by atoms with Crippen molar-refractivity contribution in [1.82, 2.24) is 10.3 Å². The Balaban J connectivity index is 1.67. The van der Waals surface area contributed by atoms with Crippen LogP contribution in [0.4, 0.5) is 0 Å². The van der Waals surface area contributed by atoms with Crippen LogP contribution < -0.4 is 5.32 Å². The predicted octanol–water partition coefficient (Wildman–Crippen LogP) is 3.20. The highest BCUT2D eigenvalue weighted by Crippen LogP contribution is 2.30. The van der Waals surface area contributed by atoms with Crippen LogP contribution in [0, 0.1) is 0 Å². The van der Waals surface area contributed by atoms with Gasteiger partial charge in [0.05, 0.1) is 6.61 Å². The molecule has 1 fully saturated rings. The number of aromatic nitrogens is 1. The molecule has 0 amide bonds. The lowest BCUT2D eigenvalue weighted by Crippen LogP contribution is -2.36. The molecule has 1 aliphatic heterocycles. The number of esters is 1. The number of cyclic esters (lactones) is 1. The van der Waals surface area contributed by atoms with E-state index in [4.69, 9.17) is 4.74 Å². The second-order valence-electron chi connectivity index (χ2n) is 6.17. The molecule has 122 valence electrons. The van der Waals surface area contributed by atoms with E-state index in [0.29, 0.717) is 13.2 Å². The van der Waals surface area contributed by atoms with E-state index in [1.54, 1.807) is 0 Å². The summed E-state index contributed by atoms with van der Waals surface area (Å²) < 4.78 is 5.06. The van der Waals surface area contributed by atoms with Gasteiger partial charge in [0.25, 0.3) is 0 Å². The van der Waals surface area contributed by atoms with Crippen molar-refractivity contribution in [2.24, 2.45) is 0 Å². The van der Waals surface area contributed by atoms with Crippen LogP contribution in [0.15, 0.2) is 60.8 Å². The van der Waals surface area contributed by atoms with Crippen molar-refractivity contribution in [3.05, 3.63) is 71.9 Å². The van der Waals surface area contributed by atoms with Crippen LogP contribution >= 0.6 is 0 Å². The molecule has 1 aliphatic rings. The van der Waals surface area contributed by atoms with E-state index in [1.807, 2.05) is 12.1 Å². The van der Waals surface area contributed by atoms with Crippen molar-refractivity contribution in [3.8, 4) is 0 Å². The van der Waals surface area contributed by atoms with Crippen molar-refractivity contribution in [2.45, 2.75) is 18.4 Å². The minimum Gasteiger partial charge on any atom is -0.464 e. The molecule has 2 unspecified atom stereocenters. The Morgan fingerprint density at radius 3 is 2.71 bits per heavy atom. The van der Waals surface area contributed by atoms with Crippen molar-refractivity contribution in [1.29, 1.82) is 0 Å². The van der Waals surface area contributed by atoms with Gasteiger partial charge in [-0.05, 0) is 17.2 Å². The number of H-pyrrole nitrogens is 1. The first-order valence-corrected chi connectivity index (χ1v) is 8.34. The minimum atomic E-state index is -0.193. The van der Waals surface area contributed by atoms with Crippen LogP contribution in [-0.4, -0.2) is 30.1 Å². The topological polar surface area (TPSA) is 54.1 Å². The molecule has 0 radical (unpaired) electrons. The number of nitrogens with one attached hydrogen (secondary N) is 2. The van der Waals surface area contributed by atoms with Gasteiger partial charge in [0.15, 0.2) is 0 Å². The summed E-state index contributed by atoms with van der Waals surface area (Å²) in [5, 5.41) is 4.62. The fraction of sp³-hybridized carbons (Fsp3) is 0.250. The second-order valence-corrected chi connectivity index (χ2v) is 6.17. The summed E-state index contributed by atoms with van der Waals surface area (Å²) in [4.78, 5) is 15.1. The molecule has 3 aromatic rings. The third-order valence-corrected chi connectivity index (χ3v) is 4.70. The smallest absolute Gasteiger partial charge is 0.323 e. The van der Waals surface area contributed by atoms with Crippen LogP contribution in [0.1, 0.15) is 23.5 Å². The van der Waals surface area contributed by atoms with E-state index in [-0.39, 0.29) is 17.9 Å². The fourth-order valence-corrected chi connectivity index (χ4v) is 3.42. The number of benzene rings is 2. The highest BCUT2D eigenvalue weighted by molar-refractivity contribution is 5.84. The third-order valence-electron chi connectivity index (χ3n) is 4.70. The van der Waals surface area contributed by atoms with Crippen molar-refractivity contribution < 1.29 is 9.53 Å². The van der Waals surface area contributed by atoms with Gasteiger partial charge in [-0.3, -0.25) is 4.79 Å². The van der Waals surface area contributed by atoms with Gasteiger partial charge < -0.3 is 15.0 Å². The molecular formula is C20H20N2O2. The maximum Gasteiger partial charge on any atom is 0.323 e. The molecular weight excluding hydrogens is 300 g/mol. The molecule has 2 heterocycles. The summed E-state index contributed by atoms with van der Waals surface area (Å²) in [5.74, 6) is 0.0384. The number of para-hydroxylation sites is 1. The van der Waals surface area contributed by atoms with Crippen LogP contribution in [-0.2, 0) is 9.53 Å². The number of fused-ring (bicyclic) bond motifs is 1. The second kappa shape index (κ2) is 6.49. The third kappa shape index (κ3) is 2.81. The zero-order chi connectivity index (χ0) is 16.4. The number of hydrogen-bond donors (Lipinski definition) is 2. The summed E-state index contributed by atoms with van der Waals surface area (Å²) in [6.07, 6.45) is 2.82. The molecule has 24 heavy (non-hydrogen) atoms. The fourth-order valence-electron chi connectivity index (χ4n) is 3.42. The molecule has 0 bridgehead atoms. The monoisotopic (exact) mass is 320 g/mol. The molecule has 4 rings (SSSR count). The lowest BCUT2D eigenvalue weighted by molar-refractivity contribution is -0.139. The van der Waals surface area contributed by atoms with E-state index >= 15 is 0 Å². The van der Waals surface area contributed by atoms with Gasteiger partial charge in [-0.25, -0.2) is 0 Å². The van der Waals surface area contributed by atoms with Gasteiger partial charge in [0.1, 0.15) is 6.04 Å². The first kappa shape index (κ1) is 15.0. The van der Waals surface area contributed by atoms with Gasteiger partial charge in [-0.15, -0.1) is 0 Å². The number of rotatable bonds is 5. The minimum absolute atomic E-state index is 0.138. The van der Waals surface area contributed by atoms with Gasteiger partial charge >= 0.3 is 5.97 Å². The Bertz CT molecular complexity index is 841. The maximum atomic E-state index is 11.7. The quantitative estimate of drug-likeness (QED) is 0.710. The SMILES string of the molecule is O=C1OCCC1NCC(c1ccccc1)c1c[nH]c2ccccc12. The van der Waals surface area contributed by atoms with Gasteiger partial charge in [-0.1, -0.05) is 48.5 Å². The number of hydrogen-bond acceptors (Lipinski definition) is 3. The highest BCUT2D eigenvalue weighted by atomic mass is 16.5. The van der Waals surface area contributed by atoms with Gasteiger partial charge in [0.2, 0.25) is 0 Å². The van der Waals surface area contributed by atoms with Crippen LogP contribution in [0.2, 0.25) is 0 Å². The Labute approximate surface area is 140 Å². The lowest BCUT2D eigenvalue weighted by Gasteiger charge is -2.19. The largest absolute Gasteiger partial charge is 0.464 e. The Kier molecular flexibility index (Phi) is 4.05. The summed E-state index contributed by atoms with van der Waals surface area (Å²) >= 11 is 0.